The fraction of sp³-hybridized carbons (Fsp3) is 0.417. The highest BCUT2D eigenvalue weighted by Crippen LogP contribution is 2.23. The summed E-state index contributed by atoms with van der Waals surface area (Å²) in [4.78, 5) is 27.3. The van der Waals surface area contributed by atoms with Crippen LogP contribution in [0.15, 0.2) is 47.4 Å². The second-order valence-electron chi connectivity index (χ2n) is 8.23. The summed E-state index contributed by atoms with van der Waals surface area (Å²) in [5, 5.41) is 2.91. The number of nitrogens with zero attached hydrogens (tertiary/aromatic N) is 1. The normalized spacial score (nSPS) is 16.1. The molecule has 1 fully saturated rings. The van der Waals surface area contributed by atoms with Gasteiger partial charge in [0.15, 0.2) is 0 Å². The molecule has 1 aliphatic heterocycles. The molecule has 1 heterocycles. The number of sulfonamides is 1. The van der Waals surface area contributed by atoms with Crippen LogP contribution in [0.25, 0.3) is 0 Å². The van der Waals surface area contributed by atoms with Gasteiger partial charge < -0.3 is 10.2 Å². The van der Waals surface area contributed by atoms with Gasteiger partial charge in [-0.3, -0.25) is 14.3 Å². The third kappa shape index (κ3) is 5.48. The van der Waals surface area contributed by atoms with Crippen LogP contribution in [0.4, 0.5) is 5.69 Å². The molecule has 0 aromatic heterocycles. The summed E-state index contributed by atoms with van der Waals surface area (Å²) in [5.74, 6) is -0.330. The third-order valence-corrected chi connectivity index (χ3v) is 7.20. The number of amides is 2. The zero-order valence-electron chi connectivity index (χ0n) is 18.8. The number of hydrogen-bond acceptors (Lipinski definition) is 4. The Morgan fingerprint density at radius 2 is 1.78 bits per heavy atom. The Morgan fingerprint density at radius 3 is 2.44 bits per heavy atom. The van der Waals surface area contributed by atoms with Crippen LogP contribution in [-0.2, 0) is 14.8 Å². The minimum atomic E-state index is -3.73. The zero-order chi connectivity index (χ0) is 23.3. The van der Waals surface area contributed by atoms with Crippen LogP contribution < -0.4 is 10.0 Å². The van der Waals surface area contributed by atoms with E-state index >= 15 is 0 Å². The number of aryl methyl sites for hydroxylation is 2. The average Bonchev–Trinajstić information content (AvgIpc) is 3.25. The summed E-state index contributed by atoms with van der Waals surface area (Å²) in [7, 11) is -3.73. The molecule has 172 valence electrons. The Labute approximate surface area is 190 Å². The van der Waals surface area contributed by atoms with Crippen molar-refractivity contribution in [1.82, 2.24) is 10.2 Å². The predicted molar refractivity (Wildman–Crippen MR) is 125 cm³/mol. The maximum Gasteiger partial charge on any atom is 0.261 e. The molecular formula is C24H31N3O4S. The summed E-state index contributed by atoms with van der Waals surface area (Å²) in [6.07, 6.45) is 3.34. The van der Waals surface area contributed by atoms with Crippen LogP contribution in [-0.4, -0.2) is 44.3 Å². The molecule has 0 unspecified atom stereocenters. The number of likely N-dealkylation sites (tertiary alicyclic amines) is 1. The number of benzene rings is 2. The first kappa shape index (κ1) is 23.8. The molecule has 8 heteroatoms. The number of hydrogen-bond donors (Lipinski definition) is 2. The van der Waals surface area contributed by atoms with Gasteiger partial charge in [0.05, 0.1) is 4.90 Å². The largest absolute Gasteiger partial charge is 0.354 e. The number of anilines is 1. The van der Waals surface area contributed by atoms with E-state index in [0.717, 1.165) is 30.4 Å². The molecular weight excluding hydrogens is 426 g/mol. The molecule has 0 spiro atoms. The average molecular weight is 458 g/mol. The summed E-state index contributed by atoms with van der Waals surface area (Å²) in [6, 6.07) is 10.8. The van der Waals surface area contributed by atoms with E-state index in [1.807, 2.05) is 13.8 Å². The van der Waals surface area contributed by atoms with Crippen molar-refractivity contribution >= 4 is 27.5 Å². The number of carbonyl (C=O) groups excluding carboxylic acids is 2. The van der Waals surface area contributed by atoms with Crippen molar-refractivity contribution in [1.29, 1.82) is 0 Å². The lowest BCUT2D eigenvalue weighted by Gasteiger charge is -2.24. The smallest absolute Gasteiger partial charge is 0.261 e. The summed E-state index contributed by atoms with van der Waals surface area (Å²) in [5.41, 5.74) is 2.71. The van der Waals surface area contributed by atoms with Crippen molar-refractivity contribution in [3.63, 3.8) is 0 Å². The maximum atomic E-state index is 13.0. The molecule has 3 rings (SSSR count). The lowest BCUT2D eigenvalue weighted by Crippen LogP contribution is -2.46. The topological polar surface area (TPSA) is 95.6 Å². The number of unbranched alkanes of at least 4 members (excludes halogenated alkanes) is 1. The van der Waals surface area contributed by atoms with Crippen molar-refractivity contribution in [3.8, 4) is 0 Å². The first-order chi connectivity index (χ1) is 15.2. The second kappa shape index (κ2) is 10.2. The van der Waals surface area contributed by atoms with Crippen molar-refractivity contribution in [2.24, 2.45) is 0 Å². The summed E-state index contributed by atoms with van der Waals surface area (Å²) >= 11 is 0. The van der Waals surface area contributed by atoms with Gasteiger partial charge >= 0.3 is 0 Å². The molecule has 2 N–H and O–H groups in total. The molecule has 0 radical (unpaired) electrons. The van der Waals surface area contributed by atoms with Gasteiger partial charge in [-0.1, -0.05) is 19.4 Å². The van der Waals surface area contributed by atoms with Gasteiger partial charge in [-0.25, -0.2) is 8.42 Å². The van der Waals surface area contributed by atoms with Crippen LogP contribution in [0, 0.1) is 13.8 Å². The van der Waals surface area contributed by atoms with E-state index in [1.165, 1.54) is 0 Å². The Hall–Kier alpha value is -2.87. The minimum absolute atomic E-state index is 0.109. The first-order valence-electron chi connectivity index (χ1n) is 11.0. The quantitative estimate of drug-likeness (QED) is 0.592. The molecule has 0 aliphatic carbocycles. The predicted octanol–water partition coefficient (Wildman–Crippen LogP) is 3.63. The van der Waals surface area contributed by atoms with E-state index in [-0.39, 0.29) is 16.7 Å². The summed E-state index contributed by atoms with van der Waals surface area (Å²) in [6.45, 7) is 7.00. The van der Waals surface area contributed by atoms with E-state index in [1.54, 1.807) is 47.4 Å². The van der Waals surface area contributed by atoms with Gasteiger partial charge in [-0.2, -0.15) is 0 Å². The van der Waals surface area contributed by atoms with Gasteiger partial charge in [0, 0.05) is 24.3 Å². The highest BCUT2D eigenvalue weighted by molar-refractivity contribution is 7.92. The standard InChI is InChI=1S/C24H31N3O4S/c1-4-5-14-25-23(28)22-7-6-15-27(22)24(29)19-9-11-20(12-10-19)26-32(30,31)21-13-8-17(2)18(3)16-21/h8-13,16,22,26H,4-7,14-15H2,1-3H3,(H,25,28)/t22-/m0/s1. The molecule has 0 saturated carbocycles. The van der Waals surface area contributed by atoms with E-state index in [0.29, 0.717) is 30.8 Å². The van der Waals surface area contributed by atoms with Gasteiger partial charge in [-0.05, 0) is 80.6 Å². The van der Waals surface area contributed by atoms with Gasteiger partial charge in [-0.15, -0.1) is 0 Å². The van der Waals surface area contributed by atoms with E-state index < -0.39 is 16.1 Å². The highest BCUT2D eigenvalue weighted by atomic mass is 32.2. The molecule has 7 nitrogen and oxygen atoms in total. The van der Waals surface area contributed by atoms with E-state index in [9.17, 15) is 18.0 Å². The van der Waals surface area contributed by atoms with Gasteiger partial charge in [0.25, 0.3) is 15.9 Å². The molecule has 1 atom stereocenters. The molecule has 0 bridgehead atoms. The molecule has 2 aromatic carbocycles. The molecule has 2 amide bonds. The van der Waals surface area contributed by atoms with Crippen LogP contribution in [0.5, 0.6) is 0 Å². The molecule has 1 saturated heterocycles. The Kier molecular flexibility index (Phi) is 7.56. The maximum absolute atomic E-state index is 13.0. The van der Waals surface area contributed by atoms with Gasteiger partial charge in [0.2, 0.25) is 5.91 Å². The zero-order valence-corrected chi connectivity index (χ0v) is 19.7. The number of carbonyl (C=O) groups is 2. The van der Waals surface area contributed by atoms with Crippen LogP contribution >= 0.6 is 0 Å². The molecule has 2 aromatic rings. The Balaban J connectivity index is 1.68. The van der Waals surface area contributed by atoms with Crippen molar-refractivity contribution in [3.05, 3.63) is 59.2 Å². The van der Waals surface area contributed by atoms with Crippen molar-refractivity contribution in [2.45, 2.75) is 57.4 Å². The number of nitrogens with one attached hydrogen (secondary N) is 2. The minimum Gasteiger partial charge on any atom is -0.354 e. The Bertz CT molecular complexity index is 1080. The fourth-order valence-electron chi connectivity index (χ4n) is 3.73. The SMILES string of the molecule is CCCCNC(=O)[C@@H]1CCCN1C(=O)c1ccc(NS(=O)(=O)c2ccc(C)c(C)c2)cc1. The fourth-order valence-corrected chi connectivity index (χ4v) is 4.87. The first-order valence-corrected chi connectivity index (χ1v) is 12.5. The summed E-state index contributed by atoms with van der Waals surface area (Å²) < 4.78 is 27.9. The Morgan fingerprint density at radius 1 is 1.06 bits per heavy atom. The lowest BCUT2D eigenvalue weighted by molar-refractivity contribution is -0.124. The van der Waals surface area contributed by atoms with Gasteiger partial charge in [0.1, 0.15) is 6.04 Å². The molecule has 32 heavy (non-hydrogen) atoms. The van der Waals surface area contributed by atoms with Crippen LogP contribution in [0.2, 0.25) is 0 Å². The highest BCUT2D eigenvalue weighted by Gasteiger charge is 2.34. The molecule has 1 aliphatic rings. The lowest BCUT2D eigenvalue weighted by atomic mass is 10.1. The second-order valence-corrected chi connectivity index (χ2v) is 9.91. The monoisotopic (exact) mass is 457 g/mol. The number of rotatable bonds is 8. The van der Waals surface area contributed by atoms with E-state index in [2.05, 4.69) is 17.0 Å². The van der Waals surface area contributed by atoms with E-state index in [4.69, 9.17) is 0 Å². The van der Waals surface area contributed by atoms with Crippen LogP contribution in [0.1, 0.15) is 54.1 Å². The van der Waals surface area contributed by atoms with Crippen molar-refractivity contribution < 1.29 is 18.0 Å². The third-order valence-electron chi connectivity index (χ3n) is 5.82. The van der Waals surface area contributed by atoms with Crippen LogP contribution in [0.3, 0.4) is 0 Å². The van der Waals surface area contributed by atoms with Crippen molar-refractivity contribution in [2.75, 3.05) is 17.8 Å².